The molecule has 2 aliphatic rings. The highest BCUT2D eigenvalue weighted by molar-refractivity contribution is 8.19. The number of carbonyl (C=O) groups excluding carboxylic acids is 1. The molecule has 0 atom stereocenters. The monoisotopic (exact) mass is 375 g/mol. The van der Waals surface area contributed by atoms with Crippen LogP contribution in [0.15, 0.2) is 48.5 Å². The Balaban J connectivity index is 1.53. The molecule has 1 aliphatic heterocycles. The summed E-state index contributed by atoms with van der Waals surface area (Å²) in [6.45, 7) is 0. The lowest BCUT2D eigenvalue weighted by molar-refractivity contribution is -0.118. The van der Waals surface area contributed by atoms with Gasteiger partial charge < -0.3 is 5.32 Å². The summed E-state index contributed by atoms with van der Waals surface area (Å²) >= 11 is 10.1. The lowest BCUT2D eigenvalue weighted by Gasteiger charge is -2.17. The molecule has 1 saturated carbocycles. The van der Waals surface area contributed by atoms with Gasteiger partial charge in [0.25, 0.3) is 0 Å². The number of benzene rings is 2. The molecule has 4 rings (SSSR count). The Morgan fingerprint density at radius 3 is 2.54 bits per heavy atom. The molecule has 1 saturated heterocycles. The molecule has 0 bridgehead atoms. The zero-order chi connectivity index (χ0) is 16.6. The molecule has 5 heteroatoms. The van der Waals surface area contributed by atoms with Gasteiger partial charge in [0.05, 0.1) is 10.00 Å². The standard InChI is InChI=1S/C19H18ClNOS2/c20-15-5-2-4-14(12-15)19(7-8-19)18(22)21-16-6-1-3-13(11-16)17-23-9-10-24-17/h1-6,11-12,17H,7-10H2,(H,21,22). The van der Waals surface area contributed by atoms with Crippen molar-refractivity contribution in [2.24, 2.45) is 0 Å². The van der Waals surface area contributed by atoms with Crippen molar-refractivity contribution < 1.29 is 4.79 Å². The number of hydrogen-bond donors (Lipinski definition) is 1. The Labute approximate surface area is 155 Å². The normalized spacial score (nSPS) is 19.2. The van der Waals surface area contributed by atoms with Crippen molar-refractivity contribution in [3.05, 3.63) is 64.7 Å². The van der Waals surface area contributed by atoms with E-state index in [0.29, 0.717) is 9.60 Å². The van der Waals surface area contributed by atoms with Gasteiger partial charge >= 0.3 is 0 Å². The zero-order valence-corrected chi connectivity index (χ0v) is 15.5. The fourth-order valence-electron chi connectivity index (χ4n) is 3.12. The highest BCUT2D eigenvalue weighted by Crippen LogP contribution is 2.50. The number of carbonyl (C=O) groups is 1. The fraction of sp³-hybridized carbons (Fsp3) is 0.316. The Kier molecular flexibility index (Phi) is 4.54. The second-order valence-corrected chi connectivity index (χ2v) is 9.41. The maximum absolute atomic E-state index is 12.9. The van der Waals surface area contributed by atoms with Crippen LogP contribution >= 0.6 is 35.1 Å². The molecule has 2 aromatic carbocycles. The van der Waals surface area contributed by atoms with Crippen molar-refractivity contribution in [2.45, 2.75) is 22.8 Å². The Morgan fingerprint density at radius 1 is 1.08 bits per heavy atom. The van der Waals surface area contributed by atoms with E-state index in [2.05, 4.69) is 17.4 Å². The summed E-state index contributed by atoms with van der Waals surface area (Å²) in [6.07, 6.45) is 1.76. The predicted molar refractivity (Wildman–Crippen MR) is 105 cm³/mol. The van der Waals surface area contributed by atoms with Gasteiger partial charge in [-0.1, -0.05) is 35.9 Å². The van der Waals surface area contributed by atoms with Crippen molar-refractivity contribution in [3.63, 3.8) is 0 Å². The molecule has 2 nitrogen and oxygen atoms in total. The molecule has 1 amide bonds. The minimum Gasteiger partial charge on any atom is -0.325 e. The van der Waals surface area contributed by atoms with Gasteiger partial charge in [0.15, 0.2) is 0 Å². The summed E-state index contributed by atoms with van der Waals surface area (Å²) in [5.41, 5.74) is 2.79. The van der Waals surface area contributed by atoms with Crippen molar-refractivity contribution in [1.82, 2.24) is 0 Å². The van der Waals surface area contributed by atoms with Gasteiger partial charge in [-0.2, -0.15) is 0 Å². The first-order valence-electron chi connectivity index (χ1n) is 8.08. The van der Waals surface area contributed by atoms with Gasteiger partial charge in [0.1, 0.15) is 0 Å². The minimum atomic E-state index is -0.405. The Morgan fingerprint density at radius 2 is 1.83 bits per heavy atom. The summed E-state index contributed by atoms with van der Waals surface area (Å²) < 4.78 is 0.490. The lowest BCUT2D eigenvalue weighted by Crippen LogP contribution is -2.27. The van der Waals surface area contributed by atoms with Crippen LogP contribution in [0, 0.1) is 0 Å². The van der Waals surface area contributed by atoms with E-state index < -0.39 is 5.41 Å². The molecule has 1 N–H and O–H groups in total. The van der Waals surface area contributed by atoms with Crippen molar-refractivity contribution in [3.8, 4) is 0 Å². The summed E-state index contributed by atoms with van der Waals surface area (Å²) in [7, 11) is 0. The molecule has 124 valence electrons. The maximum Gasteiger partial charge on any atom is 0.235 e. The van der Waals surface area contributed by atoms with Gasteiger partial charge in [0.2, 0.25) is 5.91 Å². The van der Waals surface area contributed by atoms with E-state index in [1.54, 1.807) is 0 Å². The molecule has 1 heterocycles. The van der Waals surface area contributed by atoms with Crippen LogP contribution in [0.2, 0.25) is 5.02 Å². The van der Waals surface area contributed by atoms with Gasteiger partial charge in [-0.3, -0.25) is 4.79 Å². The Hall–Kier alpha value is -1.10. The van der Waals surface area contributed by atoms with Crippen molar-refractivity contribution in [1.29, 1.82) is 0 Å². The minimum absolute atomic E-state index is 0.0774. The van der Waals surface area contributed by atoms with Gasteiger partial charge in [0, 0.05) is 22.2 Å². The molecule has 1 aliphatic carbocycles. The third-order valence-corrected chi connectivity index (χ3v) is 7.94. The average molecular weight is 376 g/mol. The number of amides is 1. The first-order valence-corrected chi connectivity index (χ1v) is 10.6. The summed E-state index contributed by atoms with van der Waals surface area (Å²) in [5, 5.41) is 3.81. The highest BCUT2D eigenvalue weighted by Gasteiger charge is 2.51. The molecule has 2 fully saturated rings. The molecular weight excluding hydrogens is 358 g/mol. The smallest absolute Gasteiger partial charge is 0.235 e. The van der Waals surface area contributed by atoms with E-state index in [1.807, 2.05) is 59.9 Å². The number of halogens is 1. The van der Waals surface area contributed by atoms with Gasteiger partial charge in [-0.05, 0) is 48.2 Å². The second kappa shape index (κ2) is 6.66. The molecular formula is C19H18ClNOS2. The zero-order valence-electron chi connectivity index (χ0n) is 13.1. The number of thioether (sulfide) groups is 2. The molecule has 0 radical (unpaired) electrons. The second-order valence-electron chi connectivity index (χ2n) is 6.25. The van der Waals surface area contributed by atoms with Crippen LogP contribution in [0.25, 0.3) is 0 Å². The van der Waals surface area contributed by atoms with Crippen molar-refractivity contribution >= 4 is 46.7 Å². The van der Waals surface area contributed by atoms with E-state index in [0.717, 1.165) is 24.1 Å². The molecule has 0 spiro atoms. The largest absolute Gasteiger partial charge is 0.325 e. The highest BCUT2D eigenvalue weighted by atomic mass is 35.5. The van der Waals surface area contributed by atoms with Crippen LogP contribution in [0.3, 0.4) is 0 Å². The van der Waals surface area contributed by atoms with E-state index >= 15 is 0 Å². The molecule has 0 unspecified atom stereocenters. The first kappa shape index (κ1) is 16.4. The number of anilines is 1. The number of nitrogens with one attached hydrogen (secondary N) is 1. The topological polar surface area (TPSA) is 29.1 Å². The van der Waals surface area contributed by atoms with E-state index in [4.69, 9.17) is 11.6 Å². The van der Waals surface area contributed by atoms with Crippen molar-refractivity contribution in [2.75, 3.05) is 16.8 Å². The van der Waals surface area contributed by atoms with Crippen LogP contribution < -0.4 is 5.32 Å². The third-order valence-electron chi connectivity index (χ3n) is 4.60. The summed E-state index contributed by atoms with van der Waals surface area (Å²) in [6, 6.07) is 15.9. The van der Waals surface area contributed by atoms with Crippen LogP contribution in [-0.4, -0.2) is 17.4 Å². The number of rotatable bonds is 4. The summed E-state index contributed by atoms with van der Waals surface area (Å²) in [5.74, 6) is 2.47. The molecule has 2 aromatic rings. The quantitative estimate of drug-likeness (QED) is 0.766. The van der Waals surface area contributed by atoms with Gasteiger partial charge in [-0.15, -0.1) is 23.5 Å². The van der Waals surface area contributed by atoms with Crippen LogP contribution in [-0.2, 0) is 10.2 Å². The van der Waals surface area contributed by atoms with E-state index in [-0.39, 0.29) is 5.91 Å². The third kappa shape index (κ3) is 3.19. The average Bonchev–Trinajstić information content (AvgIpc) is 3.22. The van der Waals surface area contributed by atoms with Crippen LogP contribution in [0.5, 0.6) is 0 Å². The van der Waals surface area contributed by atoms with E-state index in [1.165, 1.54) is 17.1 Å². The first-order chi connectivity index (χ1) is 11.7. The Bertz CT molecular complexity index is 769. The van der Waals surface area contributed by atoms with Crippen LogP contribution in [0.1, 0.15) is 28.6 Å². The maximum atomic E-state index is 12.9. The SMILES string of the molecule is O=C(Nc1cccc(C2SCCS2)c1)C1(c2cccc(Cl)c2)CC1. The fourth-order valence-corrected chi connectivity index (χ4v) is 6.15. The predicted octanol–water partition coefficient (Wildman–Crippen LogP) is 5.49. The van der Waals surface area contributed by atoms with E-state index in [9.17, 15) is 4.79 Å². The molecule has 24 heavy (non-hydrogen) atoms. The summed E-state index contributed by atoms with van der Waals surface area (Å²) in [4.78, 5) is 12.9. The molecule has 0 aromatic heterocycles. The number of hydrogen-bond acceptors (Lipinski definition) is 3. The lowest BCUT2D eigenvalue weighted by atomic mass is 9.95. The van der Waals surface area contributed by atoms with Crippen LogP contribution in [0.4, 0.5) is 5.69 Å². The van der Waals surface area contributed by atoms with Gasteiger partial charge in [-0.25, -0.2) is 0 Å².